The summed E-state index contributed by atoms with van der Waals surface area (Å²) in [5, 5.41) is 5.60. The average Bonchev–Trinajstić information content (AvgIpc) is 3.94. The first-order valence-electron chi connectivity index (χ1n) is 21.1. The molecular weight excluding hydrogens is 796 g/mol. The number of hydrogen-bond donors (Lipinski definition) is 1. The van der Waals surface area contributed by atoms with Crippen molar-refractivity contribution in [1.82, 2.24) is 34.1 Å². The summed E-state index contributed by atoms with van der Waals surface area (Å²) in [7, 11) is 0. The Morgan fingerprint density at radius 1 is 0.852 bits per heavy atom. The number of anilines is 1. The molecule has 1 aliphatic heterocycles. The van der Waals surface area contributed by atoms with Gasteiger partial charge in [0.1, 0.15) is 28.8 Å². The topological polar surface area (TPSA) is 152 Å². The van der Waals surface area contributed by atoms with Gasteiger partial charge in [0.25, 0.3) is 0 Å². The van der Waals surface area contributed by atoms with Gasteiger partial charge in [-0.2, -0.15) is 10.1 Å². The molecule has 0 spiro atoms. The standard InChI is InChI=1S/C46H59ClN8O6/c1-44(2,3)60-42(56)52(24-20-30-16-11-9-12-17-30)22-15-23-53(43(57)61-45(4,5)6)28-32-26-35(38-37(32)58-46(7,8)59-38)55-29-33(36-39(48)49-41(47)50-40(36)55)34-21-25-54(51-34)27-31-18-13-10-14-19-31/h9-14,16-19,21,25,29,32,35,37-38H,15,20,22-24,26-28H2,1-8H3,(H2,48,49,50)/t32-,35-,37-,38+/m1/s1. The minimum atomic E-state index is -0.886. The first kappa shape index (κ1) is 43.9. The SMILES string of the molecule is CC(C)(C)OC(=O)N(CCCN(C[C@H]1C[C@@H](n2cc(-c3ccn(Cc4ccccc4)n3)c3c(N)nc(Cl)nc32)[C@@H]2OC(C)(C)O[C@H]12)C(=O)OC(C)(C)C)CCc1ccccc1. The molecule has 4 atom stereocenters. The number of carbonyl (C=O) groups excluding carboxylic acids is 2. The Kier molecular flexibility index (Phi) is 12.7. The van der Waals surface area contributed by atoms with Gasteiger partial charge in [-0.15, -0.1) is 0 Å². The smallest absolute Gasteiger partial charge is 0.410 e. The molecule has 3 aromatic heterocycles. The molecule has 2 aromatic carbocycles. The van der Waals surface area contributed by atoms with Crippen LogP contribution < -0.4 is 5.73 Å². The van der Waals surface area contributed by atoms with Crippen molar-refractivity contribution >= 4 is 40.6 Å². The molecule has 14 nitrogen and oxygen atoms in total. The molecule has 4 heterocycles. The van der Waals surface area contributed by atoms with E-state index < -0.39 is 35.3 Å². The fourth-order valence-electron chi connectivity index (χ4n) is 8.32. The maximum Gasteiger partial charge on any atom is 0.410 e. The molecule has 1 saturated carbocycles. The van der Waals surface area contributed by atoms with Gasteiger partial charge < -0.3 is 39.0 Å². The highest BCUT2D eigenvalue weighted by molar-refractivity contribution is 6.29. The van der Waals surface area contributed by atoms with Crippen LogP contribution in [0.3, 0.4) is 0 Å². The monoisotopic (exact) mass is 854 g/mol. The Morgan fingerprint density at radius 3 is 2.11 bits per heavy atom. The Balaban J connectivity index is 1.15. The van der Waals surface area contributed by atoms with Crippen molar-refractivity contribution in [2.24, 2.45) is 5.92 Å². The van der Waals surface area contributed by atoms with E-state index in [9.17, 15) is 9.59 Å². The molecule has 2 aliphatic rings. The number of carbonyl (C=O) groups is 2. The Labute approximate surface area is 363 Å². The summed E-state index contributed by atoms with van der Waals surface area (Å²) in [5.41, 5.74) is 9.51. The number of aromatic nitrogens is 5. The van der Waals surface area contributed by atoms with Crippen LogP contribution in [-0.2, 0) is 31.9 Å². The van der Waals surface area contributed by atoms with Crippen LogP contribution in [0.4, 0.5) is 15.4 Å². The van der Waals surface area contributed by atoms with Crippen LogP contribution in [0.15, 0.2) is 79.1 Å². The van der Waals surface area contributed by atoms with Gasteiger partial charge in [-0.1, -0.05) is 60.7 Å². The van der Waals surface area contributed by atoms with E-state index in [1.54, 1.807) is 9.80 Å². The summed E-state index contributed by atoms with van der Waals surface area (Å²) in [4.78, 5) is 40.0. The summed E-state index contributed by atoms with van der Waals surface area (Å²) in [6.07, 6.45) is 4.11. The molecule has 0 unspecified atom stereocenters. The van der Waals surface area contributed by atoms with Gasteiger partial charge in [-0.3, -0.25) is 4.68 Å². The number of nitrogens with zero attached hydrogens (tertiary/aromatic N) is 7. The first-order chi connectivity index (χ1) is 28.8. The molecule has 326 valence electrons. The highest BCUT2D eigenvalue weighted by atomic mass is 35.5. The van der Waals surface area contributed by atoms with E-state index in [0.717, 1.165) is 16.7 Å². The van der Waals surface area contributed by atoms with E-state index in [1.807, 2.05) is 127 Å². The highest BCUT2D eigenvalue weighted by Crippen LogP contribution is 2.49. The van der Waals surface area contributed by atoms with Crippen LogP contribution in [0, 0.1) is 5.92 Å². The number of halogens is 1. The zero-order chi connectivity index (χ0) is 43.7. The predicted molar refractivity (Wildman–Crippen MR) is 235 cm³/mol. The molecule has 0 bridgehead atoms. The molecule has 1 saturated heterocycles. The van der Waals surface area contributed by atoms with Crippen molar-refractivity contribution in [3.05, 3.63) is 95.5 Å². The lowest BCUT2D eigenvalue weighted by Crippen LogP contribution is -2.44. The van der Waals surface area contributed by atoms with Crippen LogP contribution in [0.2, 0.25) is 5.28 Å². The van der Waals surface area contributed by atoms with Crippen LogP contribution >= 0.6 is 11.6 Å². The maximum atomic E-state index is 14.0. The third kappa shape index (κ3) is 10.8. The second kappa shape index (κ2) is 17.7. The number of ether oxygens (including phenoxy) is 4. The van der Waals surface area contributed by atoms with E-state index in [4.69, 9.17) is 46.4 Å². The molecule has 1 aliphatic carbocycles. The van der Waals surface area contributed by atoms with Crippen LogP contribution in [0.5, 0.6) is 0 Å². The Hall–Kier alpha value is -5.18. The molecule has 2 amide bonds. The van der Waals surface area contributed by atoms with Gasteiger partial charge >= 0.3 is 12.2 Å². The fourth-order valence-corrected chi connectivity index (χ4v) is 8.49. The van der Waals surface area contributed by atoms with E-state index >= 15 is 0 Å². The van der Waals surface area contributed by atoms with Gasteiger partial charge in [0.2, 0.25) is 5.28 Å². The van der Waals surface area contributed by atoms with E-state index in [1.165, 1.54) is 0 Å². The Morgan fingerprint density at radius 2 is 1.46 bits per heavy atom. The second-order valence-electron chi connectivity index (χ2n) is 18.5. The number of amides is 2. The van der Waals surface area contributed by atoms with Crippen molar-refractivity contribution in [2.45, 2.75) is 116 Å². The van der Waals surface area contributed by atoms with Gasteiger partial charge in [0.15, 0.2) is 5.79 Å². The molecule has 0 radical (unpaired) electrons. The lowest BCUT2D eigenvalue weighted by molar-refractivity contribution is -0.160. The predicted octanol–water partition coefficient (Wildman–Crippen LogP) is 8.77. The number of nitrogens with two attached hydrogens (primary N) is 1. The van der Waals surface area contributed by atoms with Gasteiger partial charge in [0, 0.05) is 50.1 Å². The zero-order valence-corrected chi connectivity index (χ0v) is 37.3. The van der Waals surface area contributed by atoms with E-state index in [2.05, 4.69) is 21.7 Å². The number of nitrogen functional groups attached to an aromatic ring is 1. The lowest BCUT2D eigenvalue weighted by Gasteiger charge is -2.32. The van der Waals surface area contributed by atoms with Crippen LogP contribution in [0.25, 0.3) is 22.3 Å². The Bertz CT molecular complexity index is 2300. The maximum absolute atomic E-state index is 14.0. The van der Waals surface area contributed by atoms with Crippen LogP contribution in [0.1, 0.15) is 85.4 Å². The summed E-state index contributed by atoms with van der Waals surface area (Å²) in [6.45, 7) is 17.1. The van der Waals surface area contributed by atoms with Gasteiger partial charge in [0.05, 0.1) is 29.8 Å². The van der Waals surface area contributed by atoms with E-state index in [-0.39, 0.29) is 29.2 Å². The van der Waals surface area contributed by atoms with Crippen molar-refractivity contribution < 1.29 is 28.5 Å². The average molecular weight is 855 g/mol. The van der Waals surface area contributed by atoms with Crippen molar-refractivity contribution in [2.75, 3.05) is 31.9 Å². The molecule has 2 N–H and O–H groups in total. The summed E-state index contributed by atoms with van der Waals surface area (Å²) in [5.74, 6) is -0.801. The fraction of sp³-hybridized carbons (Fsp3) is 0.500. The number of benzene rings is 2. The van der Waals surface area contributed by atoms with E-state index in [0.29, 0.717) is 68.7 Å². The van der Waals surface area contributed by atoms with Gasteiger partial charge in [-0.25, -0.2) is 14.6 Å². The normalized spacial score (nSPS) is 19.8. The van der Waals surface area contributed by atoms with Crippen molar-refractivity contribution in [1.29, 1.82) is 0 Å². The third-order valence-electron chi connectivity index (χ3n) is 10.8. The number of fused-ring (bicyclic) bond motifs is 2. The molecule has 7 rings (SSSR count). The highest BCUT2D eigenvalue weighted by Gasteiger charge is 2.55. The minimum Gasteiger partial charge on any atom is -0.444 e. The minimum absolute atomic E-state index is 0.0285. The lowest BCUT2D eigenvalue weighted by atomic mass is 10.0. The second-order valence-corrected chi connectivity index (χ2v) is 18.9. The largest absolute Gasteiger partial charge is 0.444 e. The van der Waals surface area contributed by atoms with Crippen LogP contribution in [-0.4, -0.2) is 102 Å². The van der Waals surface area contributed by atoms with Gasteiger partial charge in [-0.05, 0) is 103 Å². The van der Waals surface area contributed by atoms with Crippen molar-refractivity contribution in [3.63, 3.8) is 0 Å². The quantitative estimate of drug-likeness (QED) is 0.114. The zero-order valence-electron chi connectivity index (χ0n) is 36.5. The molecule has 5 aromatic rings. The first-order valence-corrected chi connectivity index (χ1v) is 21.5. The molecule has 61 heavy (non-hydrogen) atoms. The number of rotatable bonds is 13. The number of hydrogen-bond acceptors (Lipinski definition) is 10. The molecular formula is C46H59ClN8O6. The summed E-state index contributed by atoms with van der Waals surface area (Å²) < 4.78 is 29.0. The molecule has 15 heteroatoms. The summed E-state index contributed by atoms with van der Waals surface area (Å²) in [6, 6.07) is 21.9. The molecule has 2 fully saturated rings. The third-order valence-corrected chi connectivity index (χ3v) is 11.0. The van der Waals surface area contributed by atoms with Crippen molar-refractivity contribution in [3.8, 4) is 11.3 Å². The summed E-state index contributed by atoms with van der Waals surface area (Å²) >= 11 is 6.48.